The van der Waals surface area contributed by atoms with E-state index >= 15 is 0 Å². The lowest BCUT2D eigenvalue weighted by atomic mass is 9.98. The molecule has 3 aromatic carbocycles. The molecule has 0 unspecified atom stereocenters. The number of alkyl carbamates (subject to hydrolysis) is 1. The molecular weight excluding hydrogens is 468 g/mol. The number of ether oxygens (including phenoxy) is 1. The third-order valence-corrected chi connectivity index (χ3v) is 6.78. The third-order valence-electron chi connectivity index (χ3n) is 6.55. The second-order valence-electron chi connectivity index (χ2n) is 8.95. The van der Waals surface area contributed by atoms with Gasteiger partial charge >= 0.3 is 12.1 Å². The molecule has 0 aliphatic heterocycles. The molecule has 0 spiro atoms. The summed E-state index contributed by atoms with van der Waals surface area (Å²) < 4.78 is 5.60. The van der Waals surface area contributed by atoms with Crippen molar-refractivity contribution in [2.75, 3.05) is 11.9 Å². The molecule has 0 aromatic heterocycles. The van der Waals surface area contributed by atoms with Crippen LogP contribution in [0, 0.1) is 0 Å². The molecule has 0 atom stereocenters. The summed E-state index contributed by atoms with van der Waals surface area (Å²) in [6.45, 7) is 0.187. The summed E-state index contributed by atoms with van der Waals surface area (Å²) in [5.74, 6) is -1.63. The van der Waals surface area contributed by atoms with Crippen molar-refractivity contribution in [3.8, 4) is 11.1 Å². The van der Waals surface area contributed by atoms with Crippen molar-refractivity contribution in [3.63, 3.8) is 0 Å². The minimum absolute atomic E-state index is 0.00275. The highest BCUT2D eigenvalue weighted by Gasteiger charge is 2.46. The third kappa shape index (κ3) is 4.72. The molecule has 1 fully saturated rings. The lowest BCUT2D eigenvalue weighted by Gasteiger charge is -2.19. The largest absolute Gasteiger partial charge is 0.478 e. The van der Waals surface area contributed by atoms with Gasteiger partial charge < -0.3 is 20.5 Å². The summed E-state index contributed by atoms with van der Waals surface area (Å²) >= 11 is 5.95. The van der Waals surface area contributed by atoms with E-state index in [-0.39, 0.29) is 30.2 Å². The number of fused-ring (bicyclic) bond motifs is 3. The van der Waals surface area contributed by atoms with Gasteiger partial charge in [-0.2, -0.15) is 0 Å². The van der Waals surface area contributed by atoms with E-state index in [2.05, 4.69) is 34.9 Å². The summed E-state index contributed by atoms with van der Waals surface area (Å²) in [5.41, 5.74) is 3.90. The molecule has 0 radical (unpaired) electrons. The summed E-state index contributed by atoms with van der Waals surface area (Å²) in [7, 11) is 0. The molecule has 3 N–H and O–H groups in total. The fraction of sp³-hybridized carbons (Fsp3) is 0.222. The van der Waals surface area contributed by atoms with Gasteiger partial charge in [-0.15, -0.1) is 0 Å². The van der Waals surface area contributed by atoms with Crippen molar-refractivity contribution in [2.45, 2.75) is 30.7 Å². The van der Waals surface area contributed by atoms with Crippen molar-refractivity contribution < 1.29 is 24.2 Å². The van der Waals surface area contributed by atoms with E-state index in [1.165, 1.54) is 18.2 Å². The number of carbonyl (C=O) groups is 3. The van der Waals surface area contributed by atoms with Crippen molar-refractivity contribution in [1.82, 2.24) is 5.32 Å². The number of carbonyl (C=O) groups excluding carboxylic acids is 2. The number of carboxylic acid groups (broad SMARTS) is 1. The highest BCUT2D eigenvalue weighted by atomic mass is 35.5. The minimum atomic E-state index is -1.17. The fourth-order valence-electron chi connectivity index (χ4n) is 4.66. The van der Waals surface area contributed by atoms with E-state index in [0.29, 0.717) is 17.9 Å². The van der Waals surface area contributed by atoms with Crippen LogP contribution in [0.1, 0.15) is 46.7 Å². The first-order valence-electron chi connectivity index (χ1n) is 11.3. The zero-order valence-electron chi connectivity index (χ0n) is 18.7. The molecule has 178 valence electrons. The quantitative estimate of drug-likeness (QED) is 0.409. The minimum Gasteiger partial charge on any atom is -0.478 e. The first-order valence-corrected chi connectivity index (χ1v) is 11.7. The Hall–Kier alpha value is -3.84. The molecule has 8 heteroatoms. The Labute approximate surface area is 207 Å². The number of rotatable bonds is 7. The molecule has 2 aliphatic carbocycles. The number of halogens is 1. The fourth-order valence-corrected chi connectivity index (χ4v) is 4.83. The van der Waals surface area contributed by atoms with Gasteiger partial charge in [0.05, 0.1) is 23.2 Å². The second-order valence-corrected chi connectivity index (χ2v) is 9.39. The van der Waals surface area contributed by atoms with Gasteiger partial charge in [-0.05, 0) is 53.3 Å². The Balaban J connectivity index is 1.20. The van der Waals surface area contributed by atoms with Gasteiger partial charge in [-0.25, -0.2) is 9.59 Å². The SMILES string of the molecule is O=C(CC1(NC(=O)OCC2c3ccccc3-c3ccccc32)CC1)Nc1cc(Cl)ccc1C(=O)O. The predicted molar refractivity (Wildman–Crippen MR) is 132 cm³/mol. The number of carboxylic acids is 1. The van der Waals surface area contributed by atoms with Gasteiger partial charge in [0.15, 0.2) is 0 Å². The van der Waals surface area contributed by atoms with Gasteiger partial charge in [-0.3, -0.25) is 4.79 Å². The van der Waals surface area contributed by atoms with Gasteiger partial charge in [0.1, 0.15) is 6.61 Å². The Morgan fingerprint density at radius 1 is 0.971 bits per heavy atom. The standard InChI is InChI=1S/C27H23ClN2O5/c28-16-9-10-21(25(32)33)23(13-16)29-24(31)14-27(11-12-27)30-26(34)35-15-22-19-7-3-1-5-17(19)18-6-2-4-8-20(18)22/h1-10,13,22H,11-12,14-15H2,(H,29,31)(H,30,34)(H,32,33). The number of nitrogens with one attached hydrogen (secondary N) is 2. The summed E-state index contributed by atoms with van der Waals surface area (Å²) in [6, 6.07) is 20.4. The normalized spacial score (nSPS) is 15.0. The molecule has 0 saturated heterocycles. The highest BCUT2D eigenvalue weighted by Crippen LogP contribution is 2.44. The van der Waals surface area contributed by atoms with E-state index < -0.39 is 23.5 Å². The number of hydrogen-bond acceptors (Lipinski definition) is 4. The van der Waals surface area contributed by atoms with Gasteiger partial charge in [0, 0.05) is 10.9 Å². The van der Waals surface area contributed by atoms with E-state index in [1.54, 1.807) is 0 Å². The van der Waals surface area contributed by atoms with Gasteiger partial charge in [0.2, 0.25) is 5.91 Å². The topological polar surface area (TPSA) is 105 Å². The maximum Gasteiger partial charge on any atom is 0.407 e. The zero-order valence-corrected chi connectivity index (χ0v) is 19.5. The van der Waals surface area contributed by atoms with Crippen LogP contribution in [0.3, 0.4) is 0 Å². The molecular formula is C27H23ClN2O5. The van der Waals surface area contributed by atoms with Crippen LogP contribution in [0.25, 0.3) is 11.1 Å². The van der Waals surface area contributed by atoms with Crippen LogP contribution in [0.4, 0.5) is 10.5 Å². The van der Waals surface area contributed by atoms with Crippen LogP contribution in [0.5, 0.6) is 0 Å². The van der Waals surface area contributed by atoms with Crippen LogP contribution in [-0.2, 0) is 9.53 Å². The molecule has 2 aliphatic rings. The van der Waals surface area contributed by atoms with E-state index in [0.717, 1.165) is 22.3 Å². The molecule has 35 heavy (non-hydrogen) atoms. The number of hydrogen-bond donors (Lipinski definition) is 3. The molecule has 1 saturated carbocycles. The van der Waals surface area contributed by atoms with Crippen LogP contribution in [0.15, 0.2) is 66.7 Å². The number of anilines is 1. The van der Waals surface area contributed by atoms with E-state index in [4.69, 9.17) is 16.3 Å². The average Bonchev–Trinajstić information content (AvgIpc) is 3.49. The lowest BCUT2D eigenvalue weighted by Crippen LogP contribution is -2.40. The Kier molecular flexibility index (Phi) is 5.94. The van der Waals surface area contributed by atoms with E-state index in [9.17, 15) is 19.5 Å². The van der Waals surface area contributed by atoms with Crippen LogP contribution in [0.2, 0.25) is 5.02 Å². The van der Waals surface area contributed by atoms with Crippen molar-refractivity contribution >= 4 is 35.3 Å². The van der Waals surface area contributed by atoms with Crippen molar-refractivity contribution in [3.05, 3.63) is 88.4 Å². The number of aromatic carboxylic acids is 1. The average molecular weight is 491 g/mol. The summed E-state index contributed by atoms with van der Waals surface area (Å²) in [6.07, 6.45) is 0.687. The smallest absolute Gasteiger partial charge is 0.407 e. The first kappa shape index (κ1) is 22.9. The number of benzene rings is 3. The molecule has 7 nitrogen and oxygen atoms in total. The van der Waals surface area contributed by atoms with Crippen molar-refractivity contribution in [2.24, 2.45) is 0 Å². The van der Waals surface area contributed by atoms with Gasteiger partial charge in [-0.1, -0.05) is 60.1 Å². The van der Waals surface area contributed by atoms with E-state index in [1.807, 2.05) is 24.3 Å². The van der Waals surface area contributed by atoms with Crippen LogP contribution in [-0.4, -0.2) is 35.2 Å². The monoisotopic (exact) mass is 490 g/mol. The van der Waals surface area contributed by atoms with Gasteiger partial charge in [0.25, 0.3) is 0 Å². The molecule has 2 amide bonds. The zero-order chi connectivity index (χ0) is 24.6. The summed E-state index contributed by atoms with van der Waals surface area (Å²) in [4.78, 5) is 36.7. The Morgan fingerprint density at radius 2 is 1.60 bits per heavy atom. The lowest BCUT2D eigenvalue weighted by molar-refractivity contribution is -0.116. The van der Waals surface area contributed by atoms with Crippen LogP contribution >= 0.6 is 11.6 Å². The molecule has 5 rings (SSSR count). The predicted octanol–water partition coefficient (Wildman–Crippen LogP) is 5.44. The molecule has 0 heterocycles. The molecule has 0 bridgehead atoms. The Morgan fingerprint density at radius 3 is 2.20 bits per heavy atom. The highest BCUT2D eigenvalue weighted by molar-refractivity contribution is 6.31. The molecule has 3 aromatic rings. The van der Waals surface area contributed by atoms with Crippen LogP contribution < -0.4 is 10.6 Å². The number of amides is 2. The summed E-state index contributed by atoms with van der Waals surface area (Å²) in [5, 5.41) is 15.1. The second kappa shape index (κ2) is 9.07. The maximum absolute atomic E-state index is 12.6. The Bertz CT molecular complexity index is 1290. The first-order chi connectivity index (χ1) is 16.8. The maximum atomic E-state index is 12.6. The van der Waals surface area contributed by atoms with Crippen molar-refractivity contribution in [1.29, 1.82) is 0 Å².